The molecule has 3 aliphatic rings. The Bertz CT molecular complexity index is 1460. The number of allylic oxidation sites excluding steroid dienone is 1. The average molecular weight is 678 g/mol. The molecule has 2 aliphatic heterocycles. The van der Waals surface area contributed by atoms with Crippen LogP contribution in [0.2, 0.25) is 0 Å². The number of nitrogens with zero attached hydrogens (tertiary/aromatic N) is 4. The fourth-order valence-electron chi connectivity index (χ4n) is 7.52. The molecule has 3 aromatic carbocycles. The molecule has 2 amide bonds. The van der Waals surface area contributed by atoms with Crippen molar-refractivity contribution >= 4 is 48.4 Å². The first-order valence-corrected chi connectivity index (χ1v) is 16.9. The highest BCUT2D eigenvalue weighted by Crippen LogP contribution is 2.43. The Hall–Kier alpha value is -3.16. The molecule has 6 rings (SSSR count). The molecule has 47 heavy (non-hydrogen) atoms. The number of anilines is 1. The molecule has 2 saturated heterocycles. The molecule has 2 heterocycles. The summed E-state index contributed by atoms with van der Waals surface area (Å²) in [6.45, 7) is 6.68. The second kappa shape index (κ2) is 17.3. The van der Waals surface area contributed by atoms with E-state index in [-0.39, 0.29) is 48.1 Å². The maximum Gasteiger partial charge on any atom is 0.226 e. The number of hydrogen-bond donors (Lipinski definition) is 0. The molecule has 1 unspecified atom stereocenters. The van der Waals surface area contributed by atoms with Crippen LogP contribution in [0.4, 0.5) is 5.69 Å². The van der Waals surface area contributed by atoms with Gasteiger partial charge < -0.3 is 14.7 Å². The van der Waals surface area contributed by atoms with E-state index in [4.69, 9.17) is 0 Å². The Labute approximate surface area is 293 Å². The number of carbonyl (C=O) groups is 2. The molecular weight excluding hydrogens is 627 g/mol. The Morgan fingerprint density at radius 2 is 1.45 bits per heavy atom. The summed E-state index contributed by atoms with van der Waals surface area (Å²) in [5.74, 6) is 0.250. The topological polar surface area (TPSA) is 47.1 Å². The van der Waals surface area contributed by atoms with Crippen molar-refractivity contribution in [2.45, 2.75) is 62.9 Å². The quantitative estimate of drug-likeness (QED) is 0.203. The Kier molecular flexibility index (Phi) is 13.5. The summed E-state index contributed by atoms with van der Waals surface area (Å²) in [6.07, 6.45) is 10.3. The van der Waals surface area contributed by atoms with Crippen LogP contribution in [0.25, 0.3) is 6.08 Å². The second-order valence-corrected chi connectivity index (χ2v) is 13.2. The Morgan fingerprint density at radius 3 is 2.19 bits per heavy atom. The lowest BCUT2D eigenvalue weighted by Crippen LogP contribution is -2.42. The van der Waals surface area contributed by atoms with Crippen LogP contribution in [0.1, 0.15) is 61.6 Å². The van der Waals surface area contributed by atoms with Crippen LogP contribution >= 0.6 is 24.8 Å². The summed E-state index contributed by atoms with van der Waals surface area (Å²) in [7, 11) is 1.93. The monoisotopic (exact) mass is 676 g/mol. The van der Waals surface area contributed by atoms with Crippen molar-refractivity contribution in [1.29, 1.82) is 0 Å². The lowest BCUT2D eigenvalue weighted by atomic mass is 9.74. The van der Waals surface area contributed by atoms with E-state index in [1.54, 1.807) is 0 Å². The fraction of sp³-hybridized carbons (Fsp3) is 0.436. The van der Waals surface area contributed by atoms with Crippen molar-refractivity contribution in [1.82, 2.24) is 14.7 Å². The molecule has 8 heteroatoms. The highest BCUT2D eigenvalue weighted by molar-refractivity contribution is 5.93. The number of fused-ring (bicyclic) bond motifs is 2. The maximum absolute atomic E-state index is 13.5. The van der Waals surface area contributed by atoms with Gasteiger partial charge in [-0.1, -0.05) is 84.9 Å². The van der Waals surface area contributed by atoms with Crippen molar-refractivity contribution in [2.24, 2.45) is 0 Å². The maximum atomic E-state index is 13.5. The molecule has 0 N–H and O–H groups in total. The van der Waals surface area contributed by atoms with Crippen LogP contribution in [0, 0.1) is 0 Å². The summed E-state index contributed by atoms with van der Waals surface area (Å²) >= 11 is 0. The first-order valence-electron chi connectivity index (χ1n) is 16.9. The van der Waals surface area contributed by atoms with Gasteiger partial charge in [-0.15, -0.1) is 24.8 Å². The third-order valence-electron chi connectivity index (χ3n) is 10.3. The number of amides is 2. The zero-order valence-electron chi connectivity index (χ0n) is 27.6. The van der Waals surface area contributed by atoms with Crippen molar-refractivity contribution in [2.75, 3.05) is 51.2 Å². The minimum Gasteiger partial charge on any atom is -0.341 e. The van der Waals surface area contributed by atoms with Crippen LogP contribution in [-0.4, -0.2) is 78.9 Å². The van der Waals surface area contributed by atoms with Gasteiger partial charge in [-0.25, -0.2) is 0 Å². The van der Waals surface area contributed by atoms with Crippen molar-refractivity contribution in [3.8, 4) is 0 Å². The van der Waals surface area contributed by atoms with E-state index >= 15 is 0 Å². The van der Waals surface area contributed by atoms with E-state index < -0.39 is 0 Å². The van der Waals surface area contributed by atoms with Gasteiger partial charge in [0.1, 0.15) is 0 Å². The number of benzene rings is 3. The van der Waals surface area contributed by atoms with E-state index in [9.17, 15) is 9.59 Å². The number of carbonyl (C=O) groups excluding carboxylic acids is 2. The van der Waals surface area contributed by atoms with Crippen LogP contribution in [-0.2, 0) is 21.5 Å². The van der Waals surface area contributed by atoms with Gasteiger partial charge in [0.05, 0.1) is 0 Å². The van der Waals surface area contributed by atoms with Gasteiger partial charge in [0.15, 0.2) is 0 Å². The summed E-state index contributed by atoms with van der Waals surface area (Å²) in [5.41, 5.74) is 5.32. The molecule has 0 saturated carbocycles. The third-order valence-corrected chi connectivity index (χ3v) is 10.3. The zero-order chi connectivity index (χ0) is 31.1. The van der Waals surface area contributed by atoms with E-state index in [0.717, 1.165) is 70.6 Å². The minimum atomic E-state index is 0. The molecule has 6 nitrogen and oxygen atoms in total. The second-order valence-electron chi connectivity index (χ2n) is 13.2. The number of para-hydroxylation sites is 1. The van der Waals surface area contributed by atoms with Gasteiger partial charge >= 0.3 is 0 Å². The minimum absolute atomic E-state index is 0. The highest BCUT2D eigenvalue weighted by atomic mass is 35.5. The number of likely N-dealkylation sites (tertiary alicyclic amines) is 2. The molecule has 1 atom stereocenters. The van der Waals surface area contributed by atoms with E-state index in [0.29, 0.717) is 25.8 Å². The van der Waals surface area contributed by atoms with Crippen molar-refractivity contribution < 1.29 is 9.59 Å². The molecule has 1 spiro atoms. The van der Waals surface area contributed by atoms with Gasteiger partial charge in [-0.2, -0.15) is 0 Å². The van der Waals surface area contributed by atoms with Crippen LogP contribution in [0.5, 0.6) is 0 Å². The predicted molar refractivity (Wildman–Crippen MR) is 197 cm³/mol. The molecule has 0 aromatic heterocycles. The van der Waals surface area contributed by atoms with Gasteiger partial charge in [0.2, 0.25) is 11.8 Å². The zero-order valence-corrected chi connectivity index (χ0v) is 29.3. The van der Waals surface area contributed by atoms with Gasteiger partial charge in [-0.05, 0) is 80.6 Å². The molecule has 0 radical (unpaired) electrons. The van der Waals surface area contributed by atoms with Gasteiger partial charge in [0, 0.05) is 63.2 Å². The summed E-state index contributed by atoms with van der Waals surface area (Å²) in [4.78, 5) is 35.5. The third kappa shape index (κ3) is 9.05. The molecular formula is C39H50Cl2N4O2. The summed E-state index contributed by atoms with van der Waals surface area (Å²) < 4.78 is 0. The molecule has 2 fully saturated rings. The first kappa shape index (κ1) is 36.7. The van der Waals surface area contributed by atoms with Crippen LogP contribution in [0.3, 0.4) is 0 Å². The van der Waals surface area contributed by atoms with E-state index in [1.807, 2.05) is 53.2 Å². The number of likely N-dealkylation sites (N-methyl/N-ethyl adjacent to an activating group) is 1. The predicted octanol–water partition coefficient (Wildman–Crippen LogP) is 7.22. The summed E-state index contributed by atoms with van der Waals surface area (Å²) in [6, 6.07) is 29.6. The van der Waals surface area contributed by atoms with Crippen LogP contribution in [0.15, 0.2) is 91.0 Å². The highest BCUT2D eigenvalue weighted by Gasteiger charge is 2.37. The van der Waals surface area contributed by atoms with Crippen LogP contribution < -0.4 is 4.90 Å². The largest absolute Gasteiger partial charge is 0.341 e. The Morgan fingerprint density at radius 1 is 0.787 bits per heavy atom. The number of rotatable bonds is 12. The normalized spacial score (nSPS) is 18.3. The van der Waals surface area contributed by atoms with Gasteiger partial charge in [0.25, 0.3) is 0 Å². The number of halogens is 2. The fourth-order valence-corrected chi connectivity index (χ4v) is 7.52. The standard InChI is InChI=1S/C39H48N4O2.2ClH/c1-40(35-21-27-42(31-35)30-32-12-4-2-5-13-32)37(44)18-10-19-38(45)43(34-15-6-3-7-16-34)26-11-25-41-28-23-39(24-29-41)22-20-33-14-8-9-17-36(33)39;;/h2-9,12-17,20,22,35H,10-11,18-19,21,23-31H2,1H3;2*1H. The lowest BCUT2D eigenvalue weighted by molar-refractivity contribution is -0.132. The van der Waals surface area contributed by atoms with Crippen molar-refractivity contribution in [3.63, 3.8) is 0 Å². The SMILES string of the molecule is CN(C(=O)CCCC(=O)N(CCCN1CCC2(C=Cc3ccccc32)CC1)c1ccccc1)C1CCN(Cc2ccccc2)C1.Cl.Cl. The van der Waals surface area contributed by atoms with Gasteiger partial charge in [-0.3, -0.25) is 14.5 Å². The average Bonchev–Trinajstić information content (AvgIpc) is 3.69. The smallest absolute Gasteiger partial charge is 0.226 e. The number of piperidine rings is 1. The van der Waals surface area contributed by atoms with E-state index in [2.05, 4.69) is 70.5 Å². The lowest BCUT2D eigenvalue weighted by Gasteiger charge is -2.39. The van der Waals surface area contributed by atoms with Crippen molar-refractivity contribution in [3.05, 3.63) is 108 Å². The molecule has 252 valence electrons. The molecule has 1 aliphatic carbocycles. The molecule has 0 bridgehead atoms. The molecule has 3 aromatic rings. The first-order chi connectivity index (χ1) is 22.0. The Balaban J connectivity index is 0.00000250. The summed E-state index contributed by atoms with van der Waals surface area (Å²) in [5, 5.41) is 0. The van der Waals surface area contributed by atoms with E-state index in [1.165, 1.54) is 16.7 Å². The number of hydrogen-bond acceptors (Lipinski definition) is 4.